The van der Waals surface area contributed by atoms with Crippen LogP contribution < -0.4 is 20.9 Å². The number of nitrogens with one attached hydrogen (secondary N) is 2. The zero-order chi connectivity index (χ0) is 22.8. The molecule has 31 heavy (non-hydrogen) atoms. The zero-order valence-corrected chi connectivity index (χ0v) is 17.7. The molecule has 0 fully saturated rings. The number of nitrogens with zero attached hydrogens (tertiary/aromatic N) is 1. The van der Waals surface area contributed by atoms with Gasteiger partial charge in [-0.1, -0.05) is 12.1 Å². The van der Waals surface area contributed by atoms with E-state index < -0.39 is 22.2 Å². The number of aryl methyl sites for hydroxylation is 2. The third kappa shape index (κ3) is 4.95. The summed E-state index contributed by atoms with van der Waals surface area (Å²) in [6, 6.07) is 8.91. The molecule has 1 heterocycles. The van der Waals surface area contributed by atoms with Crippen LogP contribution in [0.3, 0.4) is 0 Å². The topological polar surface area (TPSA) is 173 Å². The second-order valence-corrected chi connectivity index (χ2v) is 8.27. The summed E-state index contributed by atoms with van der Waals surface area (Å²) in [5.41, 5.74) is 9.57. The molecule has 3 aromatic rings. The van der Waals surface area contributed by atoms with Gasteiger partial charge < -0.3 is 20.7 Å². The molecule has 1 unspecified atom stereocenters. The molecule has 164 valence electrons. The van der Waals surface area contributed by atoms with Crippen molar-refractivity contribution in [3.63, 3.8) is 0 Å². The maximum Gasteiger partial charge on any atom is 0.298 e. The molecule has 0 radical (unpaired) electrons. The summed E-state index contributed by atoms with van der Waals surface area (Å²) in [7, 11) is -4.26. The number of rotatable bonds is 7. The van der Waals surface area contributed by atoms with Crippen LogP contribution in [0.5, 0.6) is 0 Å². The van der Waals surface area contributed by atoms with Gasteiger partial charge in [0.15, 0.2) is 5.84 Å². The third-order valence-electron chi connectivity index (χ3n) is 4.79. The smallest absolute Gasteiger partial charge is 0.298 e. The molecule has 3 rings (SSSR count). The van der Waals surface area contributed by atoms with Gasteiger partial charge in [0.25, 0.3) is 16.1 Å². The molecule has 0 aliphatic heterocycles. The van der Waals surface area contributed by atoms with E-state index in [0.29, 0.717) is 23.2 Å². The summed E-state index contributed by atoms with van der Waals surface area (Å²) < 4.78 is 30.4. The van der Waals surface area contributed by atoms with Crippen LogP contribution in [-0.4, -0.2) is 25.4 Å². The van der Waals surface area contributed by atoms with Gasteiger partial charge in [0, 0.05) is 16.6 Å². The Kier molecular flexibility index (Phi) is 6.18. The SMILES string of the molecule is CCc1cc(C(Nc2ccc(/C(N)=N/O)cc2)C(=O)NS(N)(=O)=O)cc2c(C)coc12. The number of carbonyl (C=O) groups is 1. The molecule has 1 atom stereocenters. The molecular weight excluding hydrogens is 422 g/mol. The van der Waals surface area contributed by atoms with Crippen molar-refractivity contribution in [2.24, 2.45) is 16.0 Å². The first-order valence-electron chi connectivity index (χ1n) is 9.32. The highest BCUT2D eigenvalue weighted by Crippen LogP contribution is 2.30. The van der Waals surface area contributed by atoms with Gasteiger partial charge in [0.2, 0.25) is 0 Å². The van der Waals surface area contributed by atoms with E-state index in [1.165, 1.54) is 0 Å². The van der Waals surface area contributed by atoms with Crippen LogP contribution in [0, 0.1) is 6.92 Å². The number of hydrogen-bond acceptors (Lipinski definition) is 7. The fourth-order valence-electron chi connectivity index (χ4n) is 3.25. The van der Waals surface area contributed by atoms with E-state index in [9.17, 15) is 13.2 Å². The van der Waals surface area contributed by atoms with Gasteiger partial charge in [-0.05, 0) is 66.4 Å². The summed E-state index contributed by atoms with van der Waals surface area (Å²) in [4.78, 5) is 12.8. The summed E-state index contributed by atoms with van der Waals surface area (Å²) in [6.07, 6.45) is 2.28. The number of amidine groups is 1. The molecule has 7 N–H and O–H groups in total. The number of hydrogen-bond donors (Lipinski definition) is 5. The van der Waals surface area contributed by atoms with E-state index in [2.05, 4.69) is 10.5 Å². The van der Waals surface area contributed by atoms with Crippen molar-refractivity contribution in [3.05, 3.63) is 64.9 Å². The number of amides is 1. The average Bonchev–Trinajstić information content (AvgIpc) is 3.10. The summed E-state index contributed by atoms with van der Waals surface area (Å²) in [6.45, 7) is 3.84. The van der Waals surface area contributed by atoms with Gasteiger partial charge in [0.1, 0.15) is 11.6 Å². The van der Waals surface area contributed by atoms with Crippen LogP contribution in [0.4, 0.5) is 5.69 Å². The Labute approximate surface area is 179 Å². The molecule has 0 aliphatic rings. The van der Waals surface area contributed by atoms with Crippen molar-refractivity contribution in [1.29, 1.82) is 0 Å². The van der Waals surface area contributed by atoms with Gasteiger partial charge in [-0.3, -0.25) is 4.79 Å². The van der Waals surface area contributed by atoms with Crippen LogP contribution in [-0.2, 0) is 21.4 Å². The molecular formula is C20H23N5O5S. The van der Waals surface area contributed by atoms with Crippen molar-refractivity contribution in [2.45, 2.75) is 26.3 Å². The maximum absolute atomic E-state index is 12.8. The van der Waals surface area contributed by atoms with E-state index >= 15 is 0 Å². The number of anilines is 1. The van der Waals surface area contributed by atoms with Crippen molar-refractivity contribution in [3.8, 4) is 0 Å². The lowest BCUT2D eigenvalue weighted by Crippen LogP contribution is -2.41. The predicted octanol–water partition coefficient (Wildman–Crippen LogP) is 1.87. The molecule has 11 heteroatoms. The minimum atomic E-state index is -4.26. The monoisotopic (exact) mass is 445 g/mol. The first-order chi connectivity index (χ1) is 14.6. The highest BCUT2D eigenvalue weighted by Gasteiger charge is 2.25. The van der Waals surface area contributed by atoms with Gasteiger partial charge in [-0.25, -0.2) is 9.86 Å². The molecule has 0 saturated heterocycles. The number of nitrogens with two attached hydrogens (primary N) is 2. The fraction of sp³-hybridized carbons (Fsp3) is 0.200. The Morgan fingerprint density at radius 2 is 1.94 bits per heavy atom. The molecule has 0 aliphatic carbocycles. The van der Waals surface area contributed by atoms with E-state index in [4.69, 9.17) is 20.5 Å². The molecule has 0 saturated carbocycles. The number of oxime groups is 1. The number of carbonyl (C=O) groups excluding carboxylic acids is 1. The molecule has 1 amide bonds. The van der Waals surface area contributed by atoms with E-state index in [-0.39, 0.29) is 5.84 Å². The van der Waals surface area contributed by atoms with Gasteiger partial charge >= 0.3 is 0 Å². The largest absolute Gasteiger partial charge is 0.464 e. The normalized spacial score (nSPS) is 13.2. The van der Waals surface area contributed by atoms with Gasteiger partial charge in [-0.2, -0.15) is 8.42 Å². The first-order valence-corrected chi connectivity index (χ1v) is 10.9. The summed E-state index contributed by atoms with van der Waals surface area (Å²) in [5, 5.41) is 20.6. The Balaban J connectivity index is 2.06. The molecule has 10 nitrogen and oxygen atoms in total. The molecule has 0 bridgehead atoms. The minimum Gasteiger partial charge on any atom is -0.464 e. The Bertz CT molecular complexity index is 1250. The van der Waals surface area contributed by atoms with Crippen molar-refractivity contribution in [2.75, 3.05) is 5.32 Å². The lowest BCUT2D eigenvalue weighted by Gasteiger charge is -2.20. The first kappa shape index (κ1) is 22.1. The quantitative estimate of drug-likeness (QED) is 0.160. The zero-order valence-electron chi connectivity index (χ0n) is 16.9. The van der Waals surface area contributed by atoms with Crippen LogP contribution in [0.15, 0.2) is 52.2 Å². The maximum atomic E-state index is 12.8. The lowest BCUT2D eigenvalue weighted by atomic mass is 9.98. The number of benzene rings is 2. The summed E-state index contributed by atoms with van der Waals surface area (Å²) in [5.74, 6) is -0.908. The summed E-state index contributed by atoms with van der Waals surface area (Å²) >= 11 is 0. The Hall–Kier alpha value is -3.57. The van der Waals surface area contributed by atoms with Crippen LogP contribution in [0.25, 0.3) is 11.0 Å². The Morgan fingerprint density at radius 3 is 2.52 bits per heavy atom. The van der Waals surface area contributed by atoms with E-state index in [1.54, 1.807) is 42.7 Å². The lowest BCUT2D eigenvalue weighted by molar-refractivity contribution is -0.120. The van der Waals surface area contributed by atoms with E-state index in [0.717, 1.165) is 22.1 Å². The van der Waals surface area contributed by atoms with E-state index in [1.807, 2.05) is 18.6 Å². The van der Waals surface area contributed by atoms with Crippen LogP contribution in [0.2, 0.25) is 0 Å². The average molecular weight is 446 g/mol. The number of furan rings is 1. The Morgan fingerprint density at radius 1 is 1.26 bits per heavy atom. The van der Waals surface area contributed by atoms with Crippen molar-refractivity contribution in [1.82, 2.24) is 4.72 Å². The van der Waals surface area contributed by atoms with Crippen LogP contribution in [0.1, 0.15) is 35.2 Å². The molecule has 1 aromatic heterocycles. The minimum absolute atomic E-state index is 0.0662. The standard InChI is InChI=1S/C20H23N5O5S/c1-3-12-8-14(9-16-11(2)10-30-18(12)16)17(20(26)25-31(22,28)29)23-15-6-4-13(5-7-15)19(21)24-27/h4-10,17,23,27H,3H2,1-2H3,(H2,21,24)(H,25,26)(H2,22,28,29). The third-order valence-corrected chi connectivity index (χ3v) is 5.27. The molecule has 0 spiro atoms. The second-order valence-electron chi connectivity index (χ2n) is 6.98. The van der Waals surface area contributed by atoms with Crippen LogP contribution >= 0.6 is 0 Å². The van der Waals surface area contributed by atoms with Crippen molar-refractivity contribution < 1.29 is 22.8 Å². The van der Waals surface area contributed by atoms with Gasteiger partial charge in [-0.15, -0.1) is 0 Å². The predicted molar refractivity (Wildman–Crippen MR) is 117 cm³/mol. The fourth-order valence-corrected chi connectivity index (χ4v) is 3.65. The number of fused-ring (bicyclic) bond motifs is 1. The highest BCUT2D eigenvalue weighted by atomic mass is 32.2. The molecule has 2 aromatic carbocycles. The van der Waals surface area contributed by atoms with Crippen molar-refractivity contribution >= 4 is 38.6 Å². The van der Waals surface area contributed by atoms with Gasteiger partial charge in [0.05, 0.1) is 6.26 Å². The highest BCUT2D eigenvalue weighted by molar-refractivity contribution is 7.87. The second kappa shape index (κ2) is 8.66.